The fourth-order valence-corrected chi connectivity index (χ4v) is 2.81. The molecule has 1 fully saturated rings. The van der Waals surface area contributed by atoms with Crippen molar-refractivity contribution in [2.45, 2.75) is 65.1 Å². The molecule has 1 aliphatic rings. The maximum atomic E-state index is 9.56. The van der Waals surface area contributed by atoms with Crippen molar-refractivity contribution in [2.24, 2.45) is 0 Å². The monoisotopic (exact) mass is 265 g/mol. The van der Waals surface area contributed by atoms with Crippen LogP contribution in [0.2, 0.25) is 0 Å². The van der Waals surface area contributed by atoms with Gasteiger partial charge in [0.2, 0.25) is 0 Å². The van der Waals surface area contributed by atoms with Gasteiger partial charge in [0.15, 0.2) is 0 Å². The largest absolute Gasteiger partial charge is 0.395 e. The first-order valence-electron chi connectivity index (χ1n) is 7.51. The van der Waals surface area contributed by atoms with Crippen LogP contribution in [0.25, 0.3) is 0 Å². The third kappa shape index (κ3) is 3.57. The maximum absolute atomic E-state index is 9.56. The SMILES string of the molecule is Cc1nn(C(C)C)cc1CN1CCCCCC1CO. The van der Waals surface area contributed by atoms with Gasteiger partial charge >= 0.3 is 0 Å². The molecule has 19 heavy (non-hydrogen) atoms. The number of aliphatic hydroxyl groups is 1. The smallest absolute Gasteiger partial charge is 0.0638 e. The molecule has 1 unspecified atom stereocenters. The van der Waals surface area contributed by atoms with Gasteiger partial charge in [-0.1, -0.05) is 12.8 Å². The van der Waals surface area contributed by atoms with Gasteiger partial charge in [-0.15, -0.1) is 0 Å². The van der Waals surface area contributed by atoms with Crippen LogP contribution in [-0.4, -0.2) is 39.0 Å². The van der Waals surface area contributed by atoms with Crippen LogP contribution >= 0.6 is 0 Å². The highest BCUT2D eigenvalue weighted by Gasteiger charge is 2.21. The summed E-state index contributed by atoms with van der Waals surface area (Å²) in [6.45, 7) is 8.68. The molecule has 0 radical (unpaired) electrons. The molecule has 108 valence electrons. The number of aromatic nitrogens is 2. The Kier molecular flexibility index (Phi) is 4.99. The maximum Gasteiger partial charge on any atom is 0.0638 e. The highest BCUT2D eigenvalue weighted by molar-refractivity contribution is 5.15. The van der Waals surface area contributed by atoms with Crippen LogP contribution in [0.3, 0.4) is 0 Å². The summed E-state index contributed by atoms with van der Waals surface area (Å²) in [6.07, 6.45) is 7.06. The lowest BCUT2D eigenvalue weighted by Crippen LogP contribution is -2.37. The van der Waals surface area contributed by atoms with Gasteiger partial charge in [0.1, 0.15) is 0 Å². The molecule has 0 aromatic carbocycles. The second-order valence-electron chi connectivity index (χ2n) is 5.97. The molecule has 0 amide bonds. The van der Waals surface area contributed by atoms with E-state index in [1.807, 2.05) is 4.68 Å². The van der Waals surface area contributed by atoms with Crippen LogP contribution in [-0.2, 0) is 6.54 Å². The van der Waals surface area contributed by atoms with E-state index in [1.54, 1.807) is 0 Å². The first-order chi connectivity index (χ1) is 9.11. The second kappa shape index (κ2) is 6.53. The van der Waals surface area contributed by atoms with E-state index in [-0.39, 0.29) is 6.61 Å². The molecule has 0 aliphatic carbocycles. The molecule has 2 rings (SSSR count). The number of hydrogen-bond acceptors (Lipinski definition) is 3. The van der Waals surface area contributed by atoms with Crippen LogP contribution < -0.4 is 0 Å². The van der Waals surface area contributed by atoms with E-state index in [2.05, 4.69) is 37.0 Å². The molecule has 4 heteroatoms. The number of aliphatic hydroxyl groups excluding tert-OH is 1. The second-order valence-corrected chi connectivity index (χ2v) is 5.97. The Morgan fingerprint density at radius 1 is 1.37 bits per heavy atom. The molecule has 1 aromatic rings. The first-order valence-corrected chi connectivity index (χ1v) is 7.51. The Morgan fingerprint density at radius 2 is 2.16 bits per heavy atom. The van der Waals surface area contributed by atoms with Crippen molar-refractivity contribution < 1.29 is 5.11 Å². The van der Waals surface area contributed by atoms with E-state index in [9.17, 15) is 5.11 Å². The zero-order chi connectivity index (χ0) is 13.8. The van der Waals surface area contributed by atoms with Gasteiger partial charge in [0.25, 0.3) is 0 Å². The standard InChI is InChI=1S/C15H27N3O/c1-12(2)18-10-14(13(3)16-18)9-17-8-6-4-5-7-15(17)11-19/h10,12,15,19H,4-9,11H2,1-3H3. The summed E-state index contributed by atoms with van der Waals surface area (Å²) in [4.78, 5) is 2.43. The van der Waals surface area contributed by atoms with E-state index in [0.717, 1.165) is 25.2 Å². The zero-order valence-corrected chi connectivity index (χ0v) is 12.5. The lowest BCUT2D eigenvalue weighted by Gasteiger charge is -2.28. The zero-order valence-electron chi connectivity index (χ0n) is 12.5. The van der Waals surface area contributed by atoms with E-state index >= 15 is 0 Å². The van der Waals surface area contributed by atoms with Gasteiger partial charge in [0, 0.05) is 30.4 Å². The minimum Gasteiger partial charge on any atom is -0.395 e. The molecule has 0 saturated carbocycles. The van der Waals surface area contributed by atoms with Crippen molar-refractivity contribution in [3.63, 3.8) is 0 Å². The Balaban J connectivity index is 2.09. The number of nitrogens with zero attached hydrogens (tertiary/aromatic N) is 3. The van der Waals surface area contributed by atoms with Crippen molar-refractivity contribution in [2.75, 3.05) is 13.2 Å². The Labute approximate surface area is 116 Å². The summed E-state index contributed by atoms with van der Waals surface area (Å²) in [5, 5.41) is 14.1. The normalized spacial score (nSPS) is 21.8. The van der Waals surface area contributed by atoms with Crippen LogP contribution in [0.15, 0.2) is 6.20 Å². The van der Waals surface area contributed by atoms with Crippen LogP contribution in [0.1, 0.15) is 56.8 Å². The molecule has 0 bridgehead atoms. The molecule has 1 aromatic heterocycles. The van der Waals surface area contributed by atoms with Crippen LogP contribution in [0.5, 0.6) is 0 Å². The van der Waals surface area contributed by atoms with Crippen LogP contribution in [0.4, 0.5) is 0 Å². The van der Waals surface area contributed by atoms with E-state index in [1.165, 1.54) is 24.8 Å². The lowest BCUT2D eigenvalue weighted by molar-refractivity contribution is 0.118. The molecule has 1 saturated heterocycles. The number of rotatable bonds is 4. The third-order valence-corrected chi connectivity index (χ3v) is 4.13. The van der Waals surface area contributed by atoms with Gasteiger partial charge in [0.05, 0.1) is 12.3 Å². The van der Waals surface area contributed by atoms with Crippen molar-refractivity contribution in [3.8, 4) is 0 Å². The quantitative estimate of drug-likeness (QED) is 0.909. The van der Waals surface area contributed by atoms with Gasteiger partial charge < -0.3 is 5.11 Å². The van der Waals surface area contributed by atoms with Crippen molar-refractivity contribution in [1.82, 2.24) is 14.7 Å². The molecule has 4 nitrogen and oxygen atoms in total. The first kappa shape index (κ1) is 14.5. The summed E-state index contributed by atoms with van der Waals surface area (Å²) in [6, 6.07) is 0.731. The number of hydrogen-bond donors (Lipinski definition) is 1. The summed E-state index contributed by atoms with van der Waals surface area (Å²) in [7, 11) is 0. The third-order valence-electron chi connectivity index (χ3n) is 4.13. The topological polar surface area (TPSA) is 41.3 Å². The van der Waals surface area contributed by atoms with E-state index in [4.69, 9.17) is 0 Å². The van der Waals surface area contributed by atoms with E-state index in [0.29, 0.717) is 12.1 Å². The molecule has 1 atom stereocenters. The number of likely N-dealkylation sites (tertiary alicyclic amines) is 1. The molecule has 1 N–H and O–H groups in total. The summed E-state index contributed by atoms with van der Waals surface area (Å²) >= 11 is 0. The van der Waals surface area contributed by atoms with Crippen molar-refractivity contribution >= 4 is 0 Å². The molecule has 2 heterocycles. The lowest BCUT2D eigenvalue weighted by atomic mass is 10.1. The predicted octanol–water partition coefficient (Wildman–Crippen LogP) is 2.51. The predicted molar refractivity (Wildman–Crippen MR) is 77.1 cm³/mol. The minimum absolute atomic E-state index is 0.275. The molecule has 0 spiro atoms. The minimum atomic E-state index is 0.275. The Bertz CT molecular complexity index is 400. The molecule has 1 aliphatic heterocycles. The highest BCUT2D eigenvalue weighted by atomic mass is 16.3. The summed E-state index contributed by atoms with van der Waals surface area (Å²) < 4.78 is 2.04. The summed E-state index contributed by atoms with van der Waals surface area (Å²) in [5.41, 5.74) is 2.42. The highest BCUT2D eigenvalue weighted by Crippen LogP contribution is 2.20. The Morgan fingerprint density at radius 3 is 2.79 bits per heavy atom. The summed E-state index contributed by atoms with van der Waals surface area (Å²) in [5.74, 6) is 0. The van der Waals surface area contributed by atoms with Crippen LogP contribution in [0, 0.1) is 6.92 Å². The van der Waals surface area contributed by atoms with Gasteiger partial charge in [-0.05, 0) is 40.2 Å². The van der Waals surface area contributed by atoms with Gasteiger partial charge in [-0.2, -0.15) is 5.10 Å². The van der Waals surface area contributed by atoms with Crippen molar-refractivity contribution in [3.05, 3.63) is 17.5 Å². The fraction of sp³-hybridized carbons (Fsp3) is 0.800. The number of aryl methyl sites for hydroxylation is 1. The average molecular weight is 265 g/mol. The van der Waals surface area contributed by atoms with Gasteiger partial charge in [-0.25, -0.2) is 0 Å². The Hall–Kier alpha value is -0.870. The average Bonchev–Trinajstić information content (AvgIpc) is 2.61. The molecular weight excluding hydrogens is 238 g/mol. The van der Waals surface area contributed by atoms with Gasteiger partial charge in [-0.3, -0.25) is 9.58 Å². The van der Waals surface area contributed by atoms with E-state index < -0.39 is 0 Å². The molecular formula is C15H27N3O. The fourth-order valence-electron chi connectivity index (χ4n) is 2.81. The van der Waals surface area contributed by atoms with Crippen molar-refractivity contribution in [1.29, 1.82) is 0 Å².